The molecular weight excluding hydrogens is 246 g/mol. The van der Waals surface area contributed by atoms with E-state index in [-0.39, 0.29) is 12.0 Å². The Morgan fingerprint density at radius 2 is 1.84 bits per heavy atom. The minimum atomic E-state index is -0.274. The van der Waals surface area contributed by atoms with Crippen molar-refractivity contribution in [2.75, 3.05) is 26.3 Å². The van der Waals surface area contributed by atoms with Gasteiger partial charge in [-0.25, -0.2) is 0 Å². The van der Waals surface area contributed by atoms with Gasteiger partial charge in [0.25, 0.3) is 5.91 Å². The zero-order chi connectivity index (χ0) is 13.2. The number of hydrogen-bond donors (Lipinski definition) is 1. The number of fused-ring (bicyclic) bond motifs is 1. The second-order valence-electron chi connectivity index (χ2n) is 4.88. The topological polar surface area (TPSA) is 59.0 Å². The third-order valence-corrected chi connectivity index (χ3v) is 3.54. The van der Waals surface area contributed by atoms with E-state index in [1.807, 2.05) is 0 Å². The molecule has 3 rings (SSSR count). The van der Waals surface area contributed by atoms with Crippen molar-refractivity contribution in [2.45, 2.75) is 18.9 Å². The Morgan fingerprint density at radius 3 is 2.58 bits per heavy atom. The number of carbonyl (C=O) groups excluding carboxylic acids is 1. The van der Waals surface area contributed by atoms with Crippen molar-refractivity contribution in [2.24, 2.45) is 0 Å². The summed E-state index contributed by atoms with van der Waals surface area (Å²) >= 11 is 0. The first-order valence-corrected chi connectivity index (χ1v) is 6.61. The van der Waals surface area contributed by atoms with Crippen molar-refractivity contribution in [3.8, 4) is 11.5 Å². The summed E-state index contributed by atoms with van der Waals surface area (Å²) in [5.41, 5.74) is 0.612. The zero-order valence-corrected chi connectivity index (χ0v) is 10.7. The minimum Gasteiger partial charge on any atom is -0.486 e. The average molecular weight is 263 g/mol. The Balaban J connectivity index is 1.76. The SMILES string of the molecule is O=C(c1ccc2c(c1)OCCO2)N1CCC(O)CC1. The molecule has 0 saturated carbocycles. The van der Waals surface area contributed by atoms with Crippen LogP contribution in [0.4, 0.5) is 0 Å². The summed E-state index contributed by atoms with van der Waals surface area (Å²) in [6, 6.07) is 5.28. The molecule has 102 valence electrons. The molecule has 0 unspecified atom stereocenters. The van der Waals surface area contributed by atoms with E-state index in [4.69, 9.17) is 9.47 Å². The summed E-state index contributed by atoms with van der Waals surface area (Å²) in [7, 11) is 0. The van der Waals surface area contributed by atoms with Crippen LogP contribution in [-0.2, 0) is 0 Å². The normalized spacial score (nSPS) is 19.3. The molecule has 5 nitrogen and oxygen atoms in total. The summed E-state index contributed by atoms with van der Waals surface area (Å²) in [5, 5.41) is 9.46. The zero-order valence-electron chi connectivity index (χ0n) is 10.7. The van der Waals surface area contributed by atoms with Crippen molar-refractivity contribution < 1.29 is 19.4 Å². The van der Waals surface area contributed by atoms with Gasteiger partial charge in [0.1, 0.15) is 13.2 Å². The van der Waals surface area contributed by atoms with Crippen LogP contribution in [0.15, 0.2) is 18.2 Å². The van der Waals surface area contributed by atoms with Gasteiger partial charge < -0.3 is 19.5 Å². The molecular formula is C14H17NO4. The number of rotatable bonds is 1. The smallest absolute Gasteiger partial charge is 0.253 e. The van der Waals surface area contributed by atoms with Crippen molar-refractivity contribution >= 4 is 5.91 Å². The summed E-state index contributed by atoms with van der Waals surface area (Å²) < 4.78 is 10.9. The Hall–Kier alpha value is -1.75. The Labute approximate surface area is 111 Å². The average Bonchev–Trinajstić information content (AvgIpc) is 2.47. The van der Waals surface area contributed by atoms with E-state index in [9.17, 15) is 9.90 Å². The molecule has 2 aliphatic rings. The van der Waals surface area contributed by atoms with E-state index < -0.39 is 0 Å². The van der Waals surface area contributed by atoms with Gasteiger partial charge in [0.15, 0.2) is 11.5 Å². The predicted octanol–water partition coefficient (Wildman–Crippen LogP) is 1.05. The van der Waals surface area contributed by atoms with E-state index in [0.29, 0.717) is 56.2 Å². The highest BCUT2D eigenvalue weighted by molar-refractivity contribution is 5.95. The predicted molar refractivity (Wildman–Crippen MR) is 68.6 cm³/mol. The number of likely N-dealkylation sites (tertiary alicyclic amines) is 1. The largest absolute Gasteiger partial charge is 0.486 e. The Morgan fingerprint density at radius 1 is 1.16 bits per heavy atom. The summed E-state index contributed by atoms with van der Waals surface area (Å²) in [6.07, 6.45) is 1.02. The molecule has 0 aromatic heterocycles. The second-order valence-corrected chi connectivity index (χ2v) is 4.88. The fourth-order valence-electron chi connectivity index (χ4n) is 2.43. The maximum absolute atomic E-state index is 12.3. The van der Waals surface area contributed by atoms with Crippen LogP contribution >= 0.6 is 0 Å². The molecule has 0 atom stereocenters. The Bertz CT molecular complexity index is 480. The van der Waals surface area contributed by atoms with Gasteiger partial charge in [0.05, 0.1) is 6.10 Å². The lowest BCUT2D eigenvalue weighted by molar-refractivity contribution is 0.0546. The first-order chi connectivity index (χ1) is 9.24. The number of benzene rings is 1. The van der Waals surface area contributed by atoms with Gasteiger partial charge in [-0.1, -0.05) is 0 Å². The molecule has 19 heavy (non-hydrogen) atoms. The monoisotopic (exact) mass is 263 g/mol. The van der Waals surface area contributed by atoms with E-state index in [1.54, 1.807) is 23.1 Å². The van der Waals surface area contributed by atoms with Gasteiger partial charge >= 0.3 is 0 Å². The lowest BCUT2D eigenvalue weighted by atomic mass is 10.1. The third kappa shape index (κ3) is 2.51. The maximum atomic E-state index is 12.3. The van der Waals surface area contributed by atoms with E-state index >= 15 is 0 Å². The summed E-state index contributed by atoms with van der Waals surface area (Å²) in [5.74, 6) is 1.31. The number of amides is 1. The van der Waals surface area contributed by atoms with E-state index in [2.05, 4.69) is 0 Å². The minimum absolute atomic E-state index is 0.0103. The molecule has 1 aromatic rings. The summed E-state index contributed by atoms with van der Waals surface area (Å²) in [4.78, 5) is 14.1. The van der Waals surface area contributed by atoms with E-state index in [0.717, 1.165) is 0 Å². The van der Waals surface area contributed by atoms with Crippen molar-refractivity contribution in [3.63, 3.8) is 0 Å². The van der Waals surface area contributed by atoms with Crippen LogP contribution in [0.25, 0.3) is 0 Å². The molecule has 0 aliphatic carbocycles. The fraction of sp³-hybridized carbons (Fsp3) is 0.500. The fourth-order valence-corrected chi connectivity index (χ4v) is 2.43. The molecule has 5 heteroatoms. The lowest BCUT2D eigenvalue weighted by Gasteiger charge is -2.30. The van der Waals surface area contributed by atoms with Crippen LogP contribution < -0.4 is 9.47 Å². The Kier molecular flexibility index (Phi) is 3.29. The number of aliphatic hydroxyl groups excluding tert-OH is 1. The van der Waals surface area contributed by atoms with Crippen molar-refractivity contribution in [1.82, 2.24) is 4.90 Å². The van der Waals surface area contributed by atoms with Crippen LogP contribution in [0.1, 0.15) is 23.2 Å². The van der Waals surface area contributed by atoms with Crippen LogP contribution in [-0.4, -0.2) is 48.3 Å². The van der Waals surface area contributed by atoms with Crippen LogP contribution in [0.2, 0.25) is 0 Å². The molecule has 1 N–H and O–H groups in total. The number of nitrogens with zero attached hydrogens (tertiary/aromatic N) is 1. The summed E-state index contributed by atoms with van der Waals surface area (Å²) in [6.45, 7) is 2.27. The van der Waals surface area contributed by atoms with Gasteiger partial charge in [-0.3, -0.25) is 4.79 Å². The highest BCUT2D eigenvalue weighted by Gasteiger charge is 2.23. The molecule has 0 spiro atoms. The second kappa shape index (κ2) is 5.09. The third-order valence-electron chi connectivity index (χ3n) is 3.54. The molecule has 1 amide bonds. The quantitative estimate of drug-likeness (QED) is 0.823. The molecule has 0 radical (unpaired) electrons. The molecule has 2 aliphatic heterocycles. The van der Waals surface area contributed by atoms with Crippen LogP contribution in [0.3, 0.4) is 0 Å². The number of ether oxygens (including phenoxy) is 2. The molecule has 2 heterocycles. The number of hydrogen-bond acceptors (Lipinski definition) is 4. The standard InChI is InChI=1S/C14H17NO4/c16-11-3-5-15(6-4-11)14(17)10-1-2-12-13(9-10)19-8-7-18-12/h1-2,9,11,16H,3-8H2. The van der Waals surface area contributed by atoms with Crippen molar-refractivity contribution in [1.29, 1.82) is 0 Å². The lowest BCUT2D eigenvalue weighted by Crippen LogP contribution is -2.40. The van der Waals surface area contributed by atoms with Crippen molar-refractivity contribution in [3.05, 3.63) is 23.8 Å². The molecule has 1 aromatic carbocycles. The van der Waals surface area contributed by atoms with Gasteiger partial charge in [0.2, 0.25) is 0 Å². The van der Waals surface area contributed by atoms with Gasteiger partial charge in [-0.05, 0) is 31.0 Å². The number of carbonyl (C=O) groups is 1. The first-order valence-electron chi connectivity index (χ1n) is 6.61. The number of piperidine rings is 1. The maximum Gasteiger partial charge on any atom is 0.253 e. The highest BCUT2D eigenvalue weighted by Crippen LogP contribution is 2.31. The van der Waals surface area contributed by atoms with Crippen LogP contribution in [0.5, 0.6) is 11.5 Å². The van der Waals surface area contributed by atoms with Gasteiger partial charge in [0, 0.05) is 18.7 Å². The molecule has 0 bridgehead atoms. The number of aliphatic hydroxyl groups is 1. The van der Waals surface area contributed by atoms with Crippen LogP contribution in [0, 0.1) is 0 Å². The first kappa shape index (κ1) is 12.3. The van der Waals surface area contributed by atoms with Gasteiger partial charge in [-0.2, -0.15) is 0 Å². The molecule has 1 saturated heterocycles. The highest BCUT2D eigenvalue weighted by atomic mass is 16.6. The van der Waals surface area contributed by atoms with E-state index in [1.165, 1.54) is 0 Å². The van der Waals surface area contributed by atoms with Gasteiger partial charge in [-0.15, -0.1) is 0 Å². The molecule has 1 fully saturated rings.